The minimum absolute atomic E-state index is 0.0678. The summed E-state index contributed by atoms with van der Waals surface area (Å²) in [5.41, 5.74) is 0.210. The lowest BCUT2D eigenvalue weighted by Crippen LogP contribution is -2.43. The molecule has 2 rings (SSSR count). The molecule has 23 heavy (non-hydrogen) atoms. The Balaban J connectivity index is 2.19. The van der Waals surface area contributed by atoms with Gasteiger partial charge in [0.25, 0.3) is 0 Å². The number of nitrogens with one attached hydrogen (secondary N) is 2. The lowest BCUT2D eigenvalue weighted by Gasteiger charge is -2.33. The molecule has 0 aromatic heterocycles. The second-order valence-corrected chi connectivity index (χ2v) is 7.86. The van der Waals surface area contributed by atoms with Crippen molar-refractivity contribution in [3.63, 3.8) is 0 Å². The summed E-state index contributed by atoms with van der Waals surface area (Å²) in [5.74, 6) is -0.360. The lowest BCUT2D eigenvalue weighted by atomic mass is 9.83. The number of hydrogen-bond donors (Lipinski definition) is 2. The van der Waals surface area contributed by atoms with E-state index in [-0.39, 0.29) is 29.1 Å². The number of amides is 1. The standard InChI is InChI=1S/C15H22FN3O3S/c1-10-6-12(7-10)18-23(21,22)14-8-11(16)4-5-13(14)17-9-15(20)19(2)3/h4-5,8,10,12,17-18H,6-7,9H2,1-3H3. The van der Waals surface area contributed by atoms with Crippen molar-refractivity contribution in [2.24, 2.45) is 5.92 Å². The topological polar surface area (TPSA) is 78.5 Å². The molecule has 0 bridgehead atoms. The minimum Gasteiger partial charge on any atom is -0.375 e. The summed E-state index contributed by atoms with van der Waals surface area (Å²) < 4.78 is 41.1. The first-order chi connectivity index (χ1) is 10.7. The molecule has 1 amide bonds. The maximum atomic E-state index is 13.5. The molecule has 1 aliphatic carbocycles. The fourth-order valence-electron chi connectivity index (χ4n) is 2.47. The van der Waals surface area contributed by atoms with E-state index in [1.807, 2.05) is 6.92 Å². The number of halogens is 1. The van der Waals surface area contributed by atoms with Crippen LogP contribution in [0.15, 0.2) is 23.1 Å². The van der Waals surface area contributed by atoms with Gasteiger partial charge in [-0.15, -0.1) is 0 Å². The molecular formula is C15H22FN3O3S. The van der Waals surface area contributed by atoms with Gasteiger partial charge in [0.05, 0.1) is 12.2 Å². The van der Waals surface area contributed by atoms with Gasteiger partial charge in [-0.25, -0.2) is 17.5 Å². The average molecular weight is 343 g/mol. The van der Waals surface area contributed by atoms with Gasteiger partial charge in [-0.2, -0.15) is 0 Å². The summed E-state index contributed by atoms with van der Waals surface area (Å²) >= 11 is 0. The van der Waals surface area contributed by atoms with E-state index in [2.05, 4.69) is 10.0 Å². The molecule has 0 atom stereocenters. The summed E-state index contributed by atoms with van der Waals surface area (Å²) in [7, 11) is -0.637. The van der Waals surface area contributed by atoms with E-state index >= 15 is 0 Å². The van der Waals surface area contributed by atoms with Gasteiger partial charge in [-0.3, -0.25) is 4.79 Å². The fraction of sp³-hybridized carbons (Fsp3) is 0.533. The fourth-order valence-corrected chi connectivity index (χ4v) is 3.93. The molecule has 0 radical (unpaired) electrons. The summed E-state index contributed by atoms with van der Waals surface area (Å²) in [6.45, 7) is 1.98. The van der Waals surface area contributed by atoms with E-state index in [4.69, 9.17) is 0 Å². The van der Waals surface area contributed by atoms with Crippen LogP contribution in [0.3, 0.4) is 0 Å². The third-order valence-electron chi connectivity index (χ3n) is 3.86. The second-order valence-electron chi connectivity index (χ2n) is 6.18. The zero-order valence-corrected chi connectivity index (χ0v) is 14.3. The van der Waals surface area contributed by atoms with Crippen LogP contribution >= 0.6 is 0 Å². The smallest absolute Gasteiger partial charge is 0.242 e. The van der Waals surface area contributed by atoms with E-state index in [0.29, 0.717) is 5.92 Å². The normalized spacial score (nSPS) is 20.7. The van der Waals surface area contributed by atoms with Crippen molar-refractivity contribution in [1.29, 1.82) is 0 Å². The molecule has 1 saturated carbocycles. The Morgan fingerprint density at radius 1 is 1.35 bits per heavy atom. The number of benzene rings is 1. The number of carbonyl (C=O) groups is 1. The highest BCUT2D eigenvalue weighted by atomic mass is 32.2. The largest absolute Gasteiger partial charge is 0.375 e. The zero-order valence-electron chi connectivity index (χ0n) is 13.5. The summed E-state index contributed by atoms with van der Waals surface area (Å²) in [6.07, 6.45) is 1.55. The number of rotatable bonds is 6. The molecule has 0 heterocycles. The van der Waals surface area contributed by atoms with E-state index in [1.165, 1.54) is 11.0 Å². The predicted molar refractivity (Wildman–Crippen MR) is 86.1 cm³/mol. The molecule has 1 aromatic rings. The lowest BCUT2D eigenvalue weighted by molar-refractivity contribution is -0.126. The Labute approximate surface area is 136 Å². The van der Waals surface area contributed by atoms with Crippen LogP contribution in [0.5, 0.6) is 0 Å². The summed E-state index contributed by atoms with van der Waals surface area (Å²) in [5, 5.41) is 2.77. The van der Waals surface area contributed by atoms with Crippen LogP contribution < -0.4 is 10.0 Å². The van der Waals surface area contributed by atoms with Crippen molar-refractivity contribution >= 4 is 21.6 Å². The van der Waals surface area contributed by atoms with E-state index in [0.717, 1.165) is 25.0 Å². The van der Waals surface area contributed by atoms with Crippen LogP contribution in [-0.2, 0) is 14.8 Å². The first-order valence-electron chi connectivity index (χ1n) is 7.45. The minimum atomic E-state index is -3.84. The summed E-state index contributed by atoms with van der Waals surface area (Å²) in [4.78, 5) is 12.8. The van der Waals surface area contributed by atoms with Gasteiger partial charge in [0.15, 0.2) is 0 Å². The van der Waals surface area contributed by atoms with Gasteiger partial charge in [0, 0.05) is 20.1 Å². The SMILES string of the molecule is CC1CC(NS(=O)(=O)c2cc(F)ccc2NCC(=O)N(C)C)C1. The summed E-state index contributed by atoms with van der Waals surface area (Å²) in [6, 6.07) is 3.34. The molecule has 1 aliphatic rings. The molecule has 8 heteroatoms. The highest BCUT2D eigenvalue weighted by molar-refractivity contribution is 7.89. The Morgan fingerprint density at radius 2 is 2.00 bits per heavy atom. The Kier molecular flexibility index (Phi) is 5.26. The van der Waals surface area contributed by atoms with Crippen molar-refractivity contribution in [2.45, 2.75) is 30.7 Å². The number of carbonyl (C=O) groups excluding carboxylic acids is 1. The van der Waals surface area contributed by atoms with Crippen LogP contribution in [0.2, 0.25) is 0 Å². The maximum Gasteiger partial charge on any atom is 0.242 e. The molecule has 1 aromatic carbocycles. The number of sulfonamides is 1. The highest BCUT2D eigenvalue weighted by Crippen LogP contribution is 2.29. The van der Waals surface area contributed by atoms with Crippen molar-refractivity contribution in [1.82, 2.24) is 9.62 Å². The molecule has 0 spiro atoms. The first kappa shape index (κ1) is 17.7. The van der Waals surface area contributed by atoms with Crippen LogP contribution in [0, 0.1) is 11.7 Å². The molecule has 0 saturated heterocycles. The molecule has 2 N–H and O–H groups in total. The second kappa shape index (κ2) is 6.84. The number of likely N-dealkylation sites (N-methyl/N-ethyl adjacent to an activating group) is 1. The molecular weight excluding hydrogens is 321 g/mol. The van der Waals surface area contributed by atoms with Gasteiger partial charge in [-0.1, -0.05) is 6.92 Å². The molecule has 1 fully saturated rings. The average Bonchev–Trinajstić information content (AvgIpc) is 2.43. The van der Waals surface area contributed by atoms with E-state index in [1.54, 1.807) is 14.1 Å². The third-order valence-corrected chi connectivity index (χ3v) is 5.42. The third kappa shape index (κ3) is 4.42. The Hall–Kier alpha value is -1.67. The van der Waals surface area contributed by atoms with Crippen molar-refractivity contribution in [3.8, 4) is 0 Å². The monoisotopic (exact) mass is 343 g/mol. The number of anilines is 1. The molecule has 0 aliphatic heterocycles. The maximum absolute atomic E-state index is 13.5. The predicted octanol–water partition coefficient (Wildman–Crippen LogP) is 1.40. The van der Waals surface area contributed by atoms with Gasteiger partial charge in [0.1, 0.15) is 10.7 Å². The van der Waals surface area contributed by atoms with Gasteiger partial charge in [-0.05, 0) is 37.0 Å². The van der Waals surface area contributed by atoms with Gasteiger partial charge >= 0.3 is 0 Å². The Morgan fingerprint density at radius 3 is 2.57 bits per heavy atom. The highest BCUT2D eigenvalue weighted by Gasteiger charge is 2.31. The van der Waals surface area contributed by atoms with Gasteiger partial charge < -0.3 is 10.2 Å². The van der Waals surface area contributed by atoms with E-state index < -0.39 is 15.8 Å². The van der Waals surface area contributed by atoms with Crippen molar-refractivity contribution in [3.05, 3.63) is 24.0 Å². The van der Waals surface area contributed by atoms with Crippen molar-refractivity contribution < 1.29 is 17.6 Å². The number of hydrogen-bond acceptors (Lipinski definition) is 4. The van der Waals surface area contributed by atoms with Crippen molar-refractivity contribution in [2.75, 3.05) is 26.0 Å². The van der Waals surface area contributed by atoms with E-state index in [9.17, 15) is 17.6 Å². The van der Waals surface area contributed by atoms with Crippen LogP contribution in [0.4, 0.5) is 10.1 Å². The number of nitrogens with zero attached hydrogens (tertiary/aromatic N) is 1. The quantitative estimate of drug-likeness (QED) is 0.818. The van der Waals surface area contributed by atoms with Gasteiger partial charge in [0.2, 0.25) is 15.9 Å². The first-order valence-corrected chi connectivity index (χ1v) is 8.93. The zero-order chi connectivity index (χ0) is 17.2. The molecule has 128 valence electrons. The van der Waals surface area contributed by atoms with Crippen LogP contribution in [0.25, 0.3) is 0 Å². The van der Waals surface area contributed by atoms with Crippen LogP contribution in [0.1, 0.15) is 19.8 Å². The molecule has 0 unspecified atom stereocenters. The molecule has 6 nitrogen and oxygen atoms in total. The Bertz CT molecular complexity index is 685. The van der Waals surface area contributed by atoms with Crippen LogP contribution in [-0.4, -0.2) is 45.9 Å².